The Balaban J connectivity index is 2.30. The fourth-order valence-electron chi connectivity index (χ4n) is 2.23. The zero-order chi connectivity index (χ0) is 16.9. The second kappa shape index (κ2) is 5.82. The summed E-state index contributed by atoms with van der Waals surface area (Å²) in [6.07, 6.45) is 0. The molecule has 3 N–H and O–H groups in total. The lowest BCUT2D eigenvalue weighted by atomic mass is 10.2. The second-order valence-corrected chi connectivity index (χ2v) is 9.00. The molecule has 0 saturated carbocycles. The van der Waals surface area contributed by atoms with Crippen LogP contribution in [0.15, 0.2) is 38.1 Å². The van der Waals surface area contributed by atoms with Crippen molar-refractivity contribution in [2.75, 3.05) is 5.73 Å². The molecule has 0 amide bonds. The molecule has 1 aromatic heterocycles. The molecule has 9 heteroatoms. The van der Waals surface area contributed by atoms with Crippen LogP contribution in [0.25, 0.3) is 20.8 Å². The standard InChI is InChI=1S/C14H10Br2N2O3S2/c1-6-2-3-10-12(13(6)23(19,20)21)18-14(22-10)7-4-8(15)11(17)9(16)5-7/h2-5H,17H2,1H3,(H,19,20,21). The molecule has 0 aliphatic rings. The maximum Gasteiger partial charge on any atom is 0.296 e. The zero-order valence-electron chi connectivity index (χ0n) is 11.7. The molecule has 3 rings (SSSR count). The van der Waals surface area contributed by atoms with Crippen LogP contribution in [0.4, 0.5) is 5.69 Å². The van der Waals surface area contributed by atoms with Crippen LogP contribution >= 0.6 is 43.2 Å². The van der Waals surface area contributed by atoms with Crippen molar-refractivity contribution in [2.24, 2.45) is 0 Å². The number of fused-ring (bicyclic) bond motifs is 1. The van der Waals surface area contributed by atoms with E-state index in [2.05, 4.69) is 36.8 Å². The van der Waals surface area contributed by atoms with E-state index in [1.165, 1.54) is 11.3 Å². The Kier molecular flexibility index (Phi) is 4.26. The molecule has 23 heavy (non-hydrogen) atoms. The van der Waals surface area contributed by atoms with Gasteiger partial charge in [0.25, 0.3) is 10.1 Å². The molecule has 0 aliphatic carbocycles. The molecule has 120 valence electrons. The Bertz CT molecular complexity index is 1020. The number of thiazole rings is 1. The van der Waals surface area contributed by atoms with E-state index < -0.39 is 10.1 Å². The van der Waals surface area contributed by atoms with E-state index >= 15 is 0 Å². The lowest BCUT2D eigenvalue weighted by molar-refractivity contribution is 0.483. The summed E-state index contributed by atoms with van der Waals surface area (Å²) in [6, 6.07) is 7.08. The lowest BCUT2D eigenvalue weighted by Gasteiger charge is -2.04. The molecule has 1 heterocycles. The highest BCUT2D eigenvalue weighted by molar-refractivity contribution is 9.11. The highest BCUT2D eigenvalue weighted by Gasteiger charge is 2.21. The van der Waals surface area contributed by atoms with E-state index in [4.69, 9.17) is 5.73 Å². The number of aryl methyl sites for hydroxylation is 1. The van der Waals surface area contributed by atoms with Crippen LogP contribution in [0.3, 0.4) is 0 Å². The molecule has 0 atom stereocenters. The average Bonchev–Trinajstić information content (AvgIpc) is 2.86. The van der Waals surface area contributed by atoms with Crippen LogP contribution in [-0.4, -0.2) is 18.0 Å². The summed E-state index contributed by atoms with van der Waals surface area (Å²) < 4.78 is 34.9. The molecule has 0 spiro atoms. The molecule has 0 unspecified atom stereocenters. The predicted molar refractivity (Wildman–Crippen MR) is 99.4 cm³/mol. The number of benzene rings is 2. The summed E-state index contributed by atoms with van der Waals surface area (Å²) in [6.45, 7) is 1.62. The van der Waals surface area contributed by atoms with E-state index in [1.807, 2.05) is 12.1 Å². The lowest BCUT2D eigenvalue weighted by Crippen LogP contribution is -2.01. The van der Waals surface area contributed by atoms with Crippen LogP contribution in [0.1, 0.15) is 5.56 Å². The molecular weight excluding hydrogens is 468 g/mol. The summed E-state index contributed by atoms with van der Waals surface area (Å²) in [4.78, 5) is 4.27. The highest BCUT2D eigenvalue weighted by Crippen LogP contribution is 2.38. The van der Waals surface area contributed by atoms with Crippen molar-refractivity contribution in [1.82, 2.24) is 4.98 Å². The van der Waals surface area contributed by atoms with Crippen molar-refractivity contribution in [3.05, 3.63) is 38.8 Å². The van der Waals surface area contributed by atoms with Gasteiger partial charge in [-0.2, -0.15) is 8.42 Å². The van der Waals surface area contributed by atoms with Crippen molar-refractivity contribution in [1.29, 1.82) is 0 Å². The van der Waals surface area contributed by atoms with Gasteiger partial charge in [0.05, 0.1) is 10.4 Å². The summed E-state index contributed by atoms with van der Waals surface area (Å²) in [5, 5.41) is 0.636. The summed E-state index contributed by atoms with van der Waals surface area (Å²) in [5.41, 5.74) is 7.97. The molecule has 0 saturated heterocycles. The average molecular weight is 478 g/mol. The zero-order valence-corrected chi connectivity index (χ0v) is 16.5. The van der Waals surface area contributed by atoms with Crippen LogP contribution in [0, 0.1) is 6.92 Å². The van der Waals surface area contributed by atoms with Crippen molar-refractivity contribution in [3.63, 3.8) is 0 Å². The summed E-state index contributed by atoms with van der Waals surface area (Å²) in [7, 11) is -4.35. The van der Waals surface area contributed by atoms with Gasteiger partial charge in [-0.05, 0) is 62.5 Å². The SMILES string of the molecule is Cc1ccc2sc(-c3cc(Br)c(N)c(Br)c3)nc2c1S(=O)(=O)O. The van der Waals surface area contributed by atoms with Crippen molar-refractivity contribution in [2.45, 2.75) is 11.8 Å². The van der Waals surface area contributed by atoms with Crippen molar-refractivity contribution in [3.8, 4) is 10.6 Å². The Morgan fingerprint density at radius 3 is 2.39 bits per heavy atom. The maximum atomic E-state index is 11.7. The quantitative estimate of drug-likeness (QED) is 0.414. The van der Waals surface area contributed by atoms with Crippen molar-refractivity contribution >= 4 is 69.2 Å². The van der Waals surface area contributed by atoms with Gasteiger partial charge in [0.15, 0.2) is 0 Å². The number of hydrogen-bond acceptors (Lipinski definition) is 5. The molecule has 0 fully saturated rings. The van der Waals surface area contributed by atoms with Crippen LogP contribution in [0.2, 0.25) is 0 Å². The van der Waals surface area contributed by atoms with E-state index in [1.54, 1.807) is 19.1 Å². The van der Waals surface area contributed by atoms with E-state index in [-0.39, 0.29) is 10.4 Å². The number of nitrogen functional groups attached to an aromatic ring is 1. The number of nitrogens with two attached hydrogens (primary N) is 1. The van der Waals surface area contributed by atoms with Gasteiger partial charge in [-0.25, -0.2) is 4.98 Å². The number of hydrogen-bond donors (Lipinski definition) is 2. The van der Waals surface area contributed by atoms with E-state index in [9.17, 15) is 13.0 Å². The number of aromatic nitrogens is 1. The molecule has 0 radical (unpaired) electrons. The predicted octanol–water partition coefficient (Wildman–Crippen LogP) is 4.63. The van der Waals surface area contributed by atoms with Crippen LogP contribution < -0.4 is 5.73 Å². The third-order valence-corrected chi connectivity index (χ3v) is 6.71. The smallest absolute Gasteiger partial charge is 0.296 e. The summed E-state index contributed by atoms with van der Waals surface area (Å²) in [5.74, 6) is 0. The van der Waals surface area contributed by atoms with Gasteiger partial charge in [-0.1, -0.05) is 6.07 Å². The van der Waals surface area contributed by atoms with Gasteiger partial charge in [0.1, 0.15) is 15.4 Å². The molecule has 5 nitrogen and oxygen atoms in total. The molecule has 0 aliphatic heterocycles. The largest absolute Gasteiger partial charge is 0.397 e. The van der Waals surface area contributed by atoms with Gasteiger partial charge >= 0.3 is 0 Å². The Hall–Kier alpha value is -1.00. The first-order valence-electron chi connectivity index (χ1n) is 6.31. The third-order valence-electron chi connectivity index (χ3n) is 3.30. The minimum atomic E-state index is -4.35. The highest BCUT2D eigenvalue weighted by atomic mass is 79.9. The Morgan fingerprint density at radius 2 is 1.83 bits per heavy atom. The summed E-state index contributed by atoms with van der Waals surface area (Å²) >= 11 is 8.11. The van der Waals surface area contributed by atoms with Gasteiger partial charge in [0.2, 0.25) is 0 Å². The fourth-order valence-corrected chi connectivity index (χ4v) is 5.31. The molecular formula is C14H10Br2N2O3S2. The topological polar surface area (TPSA) is 93.3 Å². The van der Waals surface area contributed by atoms with Crippen LogP contribution in [0.5, 0.6) is 0 Å². The monoisotopic (exact) mass is 476 g/mol. The number of rotatable bonds is 2. The third kappa shape index (κ3) is 3.03. The van der Waals surface area contributed by atoms with Gasteiger partial charge in [-0.15, -0.1) is 11.3 Å². The minimum absolute atomic E-state index is 0.147. The molecule has 0 bridgehead atoms. The van der Waals surface area contributed by atoms with Gasteiger partial charge in [0, 0.05) is 14.5 Å². The number of nitrogens with zero attached hydrogens (tertiary/aromatic N) is 1. The number of halogens is 2. The first-order valence-corrected chi connectivity index (χ1v) is 10.2. The van der Waals surface area contributed by atoms with E-state index in [0.29, 0.717) is 29.9 Å². The van der Waals surface area contributed by atoms with E-state index in [0.717, 1.165) is 5.56 Å². The van der Waals surface area contributed by atoms with Gasteiger partial charge < -0.3 is 5.73 Å². The van der Waals surface area contributed by atoms with Crippen LogP contribution in [-0.2, 0) is 10.1 Å². The first kappa shape index (κ1) is 16.8. The Morgan fingerprint density at radius 1 is 1.22 bits per heavy atom. The minimum Gasteiger partial charge on any atom is -0.397 e. The molecule has 2 aromatic carbocycles. The Labute approximate surface area is 153 Å². The fraction of sp³-hybridized carbons (Fsp3) is 0.0714. The molecule has 3 aromatic rings. The second-order valence-electron chi connectivity index (χ2n) is 4.91. The first-order chi connectivity index (χ1) is 10.7. The normalized spacial score (nSPS) is 12.0. The van der Waals surface area contributed by atoms with Gasteiger partial charge in [-0.3, -0.25) is 4.55 Å². The number of anilines is 1. The van der Waals surface area contributed by atoms with Crippen molar-refractivity contribution < 1.29 is 13.0 Å². The maximum absolute atomic E-state index is 11.7.